The molecule has 0 aromatic carbocycles. The summed E-state index contributed by atoms with van der Waals surface area (Å²) in [4.78, 5) is 11.3. The van der Waals surface area contributed by atoms with Gasteiger partial charge < -0.3 is 15.4 Å². The molecule has 0 aliphatic carbocycles. The number of amides is 1. The molecule has 17 heavy (non-hydrogen) atoms. The van der Waals surface area contributed by atoms with Gasteiger partial charge in [0.1, 0.15) is 11.6 Å². The number of nitrogens with one attached hydrogen (secondary N) is 2. The molecule has 0 aromatic rings. The number of halogens is 3. The summed E-state index contributed by atoms with van der Waals surface area (Å²) in [5.74, 6) is 0. The van der Waals surface area contributed by atoms with Crippen molar-refractivity contribution in [3.63, 3.8) is 0 Å². The number of alkyl carbamates (subject to hydrolysis) is 1. The van der Waals surface area contributed by atoms with Gasteiger partial charge in [0.2, 0.25) is 0 Å². The van der Waals surface area contributed by atoms with Gasteiger partial charge in [-0.1, -0.05) is 0 Å². The van der Waals surface area contributed by atoms with Crippen molar-refractivity contribution in [2.24, 2.45) is 0 Å². The van der Waals surface area contributed by atoms with E-state index in [2.05, 4.69) is 10.6 Å². The highest BCUT2D eigenvalue weighted by atomic mass is 19.4. The molecular weight excluding hydrogens is 237 g/mol. The lowest BCUT2D eigenvalue weighted by molar-refractivity contribution is -0.152. The van der Waals surface area contributed by atoms with Crippen LogP contribution in [0.2, 0.25) is 0 Å². The molecule has 0 saturated carbocycles. The SMILES string of the molecule is CC(C)(C)OC(=O)N[C@@H]1CN[C@H](C(F)(F)F)C1. The number of hydrogen-bond donors (Lipinski definition) is 2. The molecule has 1 fully saturated rings. The smallest absolute Gasteiger partial charge is 0.407 e. The summed E-state index contributed by atoms with van der Waals surface area (Å²) >= 11 is 0. The molecule has 2 atom stereocenters. The minimum absolute atomic E-state index is 0.101. The standard InChI is InChI=1S/C10H17F3N2O2/c1-9(2,3)17-8(16)15-6-4-7(14-5-6)10(11,12)13/h6-7,14H,4-5H2,1-3H3,(H,15,16)/t6-,7-/m0/s1. The van der Waals surface area contributed by atoms with Crippen LogP contribution in [-0.2, 0) is 4.74 Å². The first-order valence-electron chi connectivity index (χ1n) is 5.37. The quantitative estimate of drug-likeness (QED) is 0.750. The molecule has 1 aliphatic rings. The van der Waals surface area contributed by atoms with E-state index in [9.17, 15) is 18.0 Å². The maximum absolute atomic E-state index is 12.3. The largest absolute Gasteiger partial charge is 0.444 e. The van der Waals surface area contributed by atoms with Gasteiger partial charge in [-0.05, 0) is 27.2 Å². The Bertz CT molecular complexity index is 286. The molecule has 0 unspecified atom stereocenters. The van der Waals surface area contributed by atoms with Gasteiger partial charge in [0.25, 0.3) is 0 Å². The Hall–Kier alpha value is -0.980. The highest BCUT2D eigenvalue weighted by molar-refractivity contribution is 5.68. The number of hydrogen-bond acceptors (Lipinski definition) is 3. The van der Waals surface area contributed by atoms with Crippen molar-refractivity contribution in [2.45, 2.75) is 51.1 Å². The fraction of sp³-hybridized carbons (Fsp3) is 0.900. The minimum atomic E-state index is -4.27. The van der Waals surface area contributed by atoms with Crippen LogP contribution in [0.3, 0.4) is 0 Å². The van der Waals surface area contributed by atoms with E-state index in [-0.39, 0.29) is 13.0 Å². The highest BCUT2D eigenvalue weighted by Gasteiger charge is 2.44. The zero-order valence-electron chi connectivity index (χ0n) is 10.0. The van der Waals surface area contributed by atoms with E-state index in [0.29, 0.717) is 0 Å². The lowest BCUT2D eigenvalue weighted by Crippen LogP contribution is -2.40. The first-order valence-corrected chi connectivity index (χ1v) is 5.37. The lowest BCUT2D eigenvalue weighted by atomic mass is 10.1. The summed E-state index contributed by atoms with van der Waals surface area (Å²) < 4.78 is 42.0. The summed E-state index contributed by atoms with van der Waals surface area (Å²) in [6.07, 6.45) is -5.13. The van der Waals surface area contributed by atoms with E-state index in [4.69, 9.17) is 4.74 Å². The molecule has 1 aliphatic heterocycles. The average molecular weight is 254 g/mol. The third kappa shape index (κ3) is 4.80. The Balaban J connectivity index is 2.38. The fourth-order valence-corrected chi connectivity index (χ4v) is 1.57. The maximum atomic E-state index is 12.3. The molecule has 1 heterocycles. The van der Waals surface area contributed by atoms with E-state index < -0.39 is 30.0 Å². The summed E-state index contributed by atoms with van der Waals surface area (Å²) in [6.45, 7) is 5.18. The van der Waals surface area contributed by atoms with Crippen LogP contribution in [0.5, 0.6) is 0 Å². The van der Waals surface area contributed by atoms with Crippen LogP contribution in [0, 0.1) is 0 Å². The zero-order chi connectivity index (χ0) is 13.3. The van der Waals surface area contributed by atoms with Crippen molar-refractivity contribution in [3.8, 4) is 0 Å². The second-order valence-corrected chi connectivity index (χ2v) is 5.08. The van der Waals surface area contributed by atoms with Gasteiger partial charge in [-0.3, -0.25) is 0 Å². The van der Waals surface area contributed by atoms with Crippen molar-refractivity contribution < 1.29 is 22.7 Å². The first kappa shape index (κ1) is 14.1. The van der Waals surface area contributed by atoms with Gasteiger partial charge in [0.15, 0.2) is 0 Å². The van der Waals surface area contributed by atoms with Gasteiger partial charge in [-0.15, -0.1) is 0 Å². The predicted molar refractivity (Wildman–Crippen MR) is 55.6 cm³/mol. The zero-order valence-corrected chi connectivity index (χ0v) is 10.0. The van der Waals surface area contributed by atoms with Crippen LogP contribution in [0.4, 0.5) is 18.0 Å². The highest BCUT2D eigenvalue weighted by Crippen LogP contribution is 2.26. The normalized spacial score (nSPS) is 25.8. The Morgan fingerprint density at radius 2 is 1.94 bits per heavy atom. The maximum Gasteiger partial charge on any atom is 0.407 e. The number of carbonyl (C=O) groups excluding carboxylic acids is 1. The number of ether oxygens (including phenoxy) is 1. The molecule has 4 nitrogen and oxygen atoms in total. The summed E-state index contributed by atoms with van der Waals surface area (Å²) in [6, 6.07) is -2.10. The summed E-state index contributed by atoms with van der Waals surface area (Å²) in [5, 5.41) is 4.73. The van der Waals surface area contributed by atoms with Crippen LogP contribution >= 0.6 is 0 Å². The van der Waals surface area contributed by atoms with Crippen molar-refractivity contribution in [1.82, 2.24) is 10.6 Å². The van der Waals surface area contributed by atoms with Crippen LogP contribution in [-0.4, -0.2) is 36.5 Å². The van der Waals surface area contributed by atoms with Crippen molar-refractivity contribution in [2.75, 3.05) is 6.54 Å². The summed E-state index contributed by atoms with van der Waals surface area (Å²) in [5.41, 5.74) is -0.653. The van der Waals surface area contributed by atoms with E-state index >= 15 is 0 Å². The second-order valence-electron chi connectivity index (χ2n) is 5.08. The van der Waals surface area contributed by atoms with E-state index in [0.717, 1.165) is 0 Å². The van der Waals surface area contributed by atoms with Crippen molar-refractivity contribution >= 4 is 6.09 Å². The number of carbonyl (C=O) groups is 1. The Morgan fingerprint density at radius 3 is 2.35 bits per heavy atom. The molecule has 2 N–H and O–H groups in total. The first-order chi connectivity index (χ1) is 7.58. The minimum Gasteiger partial charge on any atom is -0.444 e. The monoisotopic (exact) mass is 254 g/mol. The van der Waals surface area contributed by atoms with Crippen molar-refractivity contribution in [1.29, 1.82) is 0 Å². The summed E-state index contributed by atoms with van der Waals surface area (Å²) in [7, 11) is 0. The number of alkyl halides is 3. The van der Waals surface area contributed by atoms with Gasteiger partial charge in [0.05, 0.1) is 0 Å². The molecule has 0 spiro atoms. The third-order valence-corrected chi connectivity index (χ3v) is 2.25. The van der Waals surface area contributed by atoms with Crippen LogP contribution in [0.15, 0.2) is 0 Å². The van der Waals surface area contributed by atoms with Gasteiger partial charge in [0, 0.05) is 12.6 Å². The van der Waals surface area contributed by atoms with E-state index in [1.54, 1.807) is 20.8 Å². The molecule has 1 amide bonds. The fourth-order valence-electron chi connectivity index (χ4n) is 1.57. The molecule has 100 valence electrons. The topological polar surface area (TPSA) is 50.4 Å². The molecule has 1 saturated heterocycles. The Labute approximate surface area is 97.9 Å². The van der Waals surface area contributed by atoms with Crippen molar-refractivity contribution in [3.05, 3.63) is 0 Å². The van der Waals surface area contributed by atoms with Gasteiger partial charge in [-0.2, -0.15) is 13.2 Å². The number of rotatable bonds is 1. The van der Waals surface area contributed by atoms with Gasteiger partial charge in [-0.25, -0.2) is 4.79 Å². The van der Waals surface area contributed by atoms with Gasteiger partial charge >= 0.3 is 12.3 Å². The molecule has 1 rings (SSSR count). The molecule has 0 aromatic heterocycles. The van der Waals surface area contributed by atoms with Crippen LogP contribution in [0.1, 0.15) is 27.2 Å². The molecule has 0 bridgehead atoms. The predicted octanol–water partition coefficient (Wildman–Crippen LogP) is 1.80. The second kappa shape index (κ2) is 4.72. The average Bonchev–Trinajstić information content (AvgIpc) is 2.47. The van der Waals surface area contributed by atoms with Crippen LogP contribution < -0.4 is 10.6 Å². The molecular formula is C10H17F3N2O2. The lowest BCUT2D eigenvalue weighted by Gasteiger charge is -2.21. The van der Waals surface area contributed by atoms with E-state index in [1.807, 2.05) is 0 Å². The Morgan fingerprint density at radius 1 is 1.35 bits per heavy atom. The Kier molecular flexibility index (Phi) is 3.91. The van der Waals surface area contributed by atoms with Crippen LogP contribution in [0.25, 0.3) is 0 Å². The molecule has 7 heteroatoms. The van der Waals surface area contributed by atoms with E-state index in [1.165, 1.54) is 0 Å². The third-order valence-electron chi connectivity index (χ3n) is 2.25. The molecule has 0 radical (unpaired) electrons.